The van der Waals surface area contributed by atoms with Gasteiger partial charge in [-0.1, -0.05) is 6.92 Å². The Morgan fingerprint density at radius 3 is 2.61 bits per heavy atom. The van der Waals surface area contributed by atoms with E-state index >= 15 is 8.78 Å². The third-order valence-corrected chi connectivity index (χ3v) is 8.43. The third-order valence-electron chi connectivity index (χ3n) is 8.43. The highest BCUT2D eigenvalue weighted by atomic mass is 19.1. The molecular formula is C31H35F2N7O4. The molecule has 1 aromatic carbocycles. The molecule has 0 spiro atoms. The summed E-state index contributed by atoms with van der Waals surface area (Å²) in [5, 5.41) is 10.7. The molecule has 4 atom stereocenters. The van der Waals surface area contributed by atoms with Crippen LogP contribution in [0.25, 0.3) is 16.8 Å². The normalized spacial score (nSPS) is 22.5. The number of carbonyl (C=O) groups is 1. The van der Waals surface area contributed by atoms with Gasteiger partial charge >= 0.3 is 6.09 Å². The molecule has 44 heavy (non-hydrogen) atoms. The van der Waals surface area contributed by atoms with Crippen LogP contribution in [0.1, 0.15) is 44.1 Å². The zero-order valence-corrected chi connectivity index (χ0v) is 24.5. The van der Waals surface area contributed by atoms with Crippen LogP contribution in [0.15, 0.2) is 48.9 Å². The molecule has 2 fully saturated rings. The van der Waals surface area contributed by atoms with Crippen molar-refractivity contribution in [3.63, 3.8) is 0 Å². The Kier molecular flexibility index (Phi) is 8.58. The smallest absolute Gasteiger partial charge is 0.407 e. The number of imidazole rings is 1. The number of rotatable bonds is 7. The van der Waals surface area contributed by atoms with E-state index in [2.05, 4.69) is 32.6 Å². The fraction of sp³-hybridized carbons (Fsp3) is 0.419. The second-order valence-corrected chi connectivity index (χ2v) is 11.4. The van der Waals surface area contributed by atoms with Gasteiger partial charge in [0, 0.05) is 43.3 Å². The van der Waals surface area contributed by atoms with Gasteiger partial charge in [0.1, 0.15) is 23.5 Å². The van der Waals surface area contributed by atoms with Gasteiger partial charge in [-0.2, -0.15) is 9.61 Å². The number of amides is 1. The Morgan fingerprint density at radius 1 is 1.11 bits per heavy atom. The lowest BCUT2D eigenvalue weighted by Crippen LogP contribution is -2.54. The van der Waals surface area contributed by atoms with Crippen LogP contribution in [0.5, 0.6) is 5.75 Å². The molecule has 4 heterocycles. The van der Waals surface area contributed by atoms with Gasteiger partial charge in [-0.15, -0.1) is 0 Å². The molecule has 1 saturated heterocycles. The number of fused-ring (bicyclic) bond motifs is 1. The number of nitrogens with two attached hydrogens (primary N) is 1. The van der Waals surface area contributed by atoms with Crippen molar-refractivity contribution >= 4 is 23.2 Å². The van der Waals surface area contributed by atoms with Crippen molar-refractivity contribution in [2.45, 2.75) is 56.7 Å². The second kappa shape index (κ2) is 12.7. The monoisotopic (exact) mass is 607 g/mol. The Hall–Kier alpha value is -4.36. The van der Waals surface area contributed by atoms with Gasteiger partial charge in [-0.3, -0.25) is 4.98 Å². The Morgan fingerprint density at radius 2 is 1.89 bits per heavy atom. The van der Waals surface area contributed by atoms with Gasteiger partial charge in [-0.25, -0.2) is 18.6 Å². The molecule has 3 aromatic heterocycles. The molecule has 4 aromatic rings. The number of methoxy groups -OCH3 is 1. The first kappa shape index (κ1) is 29.7. The number of pyridine rings is 1. The van der Waals surface area contributed by atoms with E-state index in [0.717, 1.165) is 12.0 Å². The molecule has 4 unspecified atom stereocenters. The number of hydrogen-bond acceptors (Lipinski definition) is 9. The second-order valence-electron chi connectivity index (χ2n) is 11.4. The molecule has 232 valence electrons. The highest BCUT2D eigenvalue weighted by Crippen LogP contribution is 2.39. The number of alkyl carbamates (subject to hydrolysis) is 1. The first-order valence-corrected chi connectivity index (χ1v) is 14.7. The van der Waals surface area contributed by atoms with Gasteiger partial charge in [0.2, 0.25) is 5.95 Å². The minimum absolute atomic E-state index is 0.0843. The van der Waals surface area contributed by atoms with Crippen molar-refractivity contribution in [2.24, 2.45) is 11.7 Å². The average molecular weight is 608 g/mol. The molecule has 2 aliphatic rings. The number of ether oxygens (including phenoxy) is 3. The van der Waals surface area contributed by atoms with E-state index in [1.54, 1.807) is 30.7 Å². The van der Waals surface area contributed by atoms with E-state index in [1.807, 2.05) is 6.07 Å². The summed E-state index contributed by atoms with van der Waals surface area (Å²) >= 11 is 0. The topological polar surface area (TPSA) is 138 Å². The van der Waals surface area contributed by atoms with Crippen molar-refractivity contribution in [1.82, 2.24) is 24.9 Å². The highest BCUT2D eigenvalue weighted by molar-refractivity contribution is 5.68. The van der Waals surface area contributed by atoms with E-state index in [9.17, 15) is 4.79 Å². The van der Waals surface area contributed by atoms with E-state index < -0.39 is 17.7 Å². The summed E-state index contributed by atoms with van der Waals surface area (Å²) in [4.78, 5) is 20.6. The number of nitrogens with one attached hydrogen (secondary N) is 2. The lowest BCUT2D eigenvalue weighted by molar-refractivity contribution is 0.0253. The molecular weight excluding hydrogens is 572 g/mol. The summed E-state index contributed by atoms with van der Waals surface area (Å²) in [6, 6.07) is 7.08. The Balaban J connectivity index is 1.24. The predicted octanol–water partition coefficient (Wildman–Crippen LogP) is 4.94. The van der Waals surface area contributed by atoms with Crippen molar-refractivity contribution in [3.05, 3.63) is 66.1 Å². The number of halogens is 2. The maximum absolute atomic E-state index is 15.3. The van der Waals surface area contributed by atoms with Crippen LogP contribution in [-0.2, 0) is 9.47 Å². The molecule has 13 heteroatoms. The Labute approximate surface area is 253 Å². The average Bonchev–Trinajstić information content (AvgIpc) is 3.41. The molecule has 4 N–H and O–H groups in total. The fourth-order valence-corrected chi connectivity index (χ4v) is 6.22. The maximum atomic E-state index is 15.3. The predicted molar refractivity (Wildman–Crippen MR) is 159 cm³/mol. The summed E-state index contributed by atoms with van der Waals surface area (Å²) in [6.45, 7) is 3.17. The number of carbonyl (C=O) groups excluding carboxylic acids is 1. The van der Waals surface area contributed by atoms with Crippen LogP contribution in [0.3, 0.4) is 0 Å². The molecule has 6 rings (SSSR count). The third kappa shape index (κ3) is 6.15. The first-order chi connectivity index (χ1) is 21.3. The molecule has 1 aliphatic heterocycles. The molecule has 11 nitrogen and oxygen atoms in total. The zero-order chi connectivity index (χ0) is 30.8. The van der Waals surface area contributed by atoms with Gasteiger partial charge in [0.25, 0.3) is 0 Å². The number of hydrogen-bond donors (Lipinski definition) is 3. The summed E-state index contributed by atoms with van der Waals surface area (Å²) < 4.78 is 48.0. The molecule has 1 aliphatic carbocycles. The minimum atomic E-state index is -0.772. The number of nitrogens with zero attached hydrogens (tertiary/aromatic N) is 4. The molecule has 1 saturated carbocycles. The fourth-order valence-electron chi connectivity index (χ4n) is 6.22. The van der Waals surface area contributed by atoms with Crippen LogP contribution in [0.2, 0.25) is 0 Å². The van der Waals surface area contributed by atoms with Crippen molar-refractivity contribution in [2.75, 3.05) is 25.6 Å². The quantitative estimate of drug-likeness (QED) is 0.267. The Bertz CT molecular complexity index is 1610. The van der Waals surface area contributed by atoms with Gasteiger partial charge in [0.15, 0.2) is 0 Å². The SMILES string of the molecule is COC(=O)NC1C(C)CC(c2ccncc2Nc2ncc3ccc(-c4c(F)cc(OC5CCOCC5)cc4F)nn23)CC1N. The van der Waals surface area contributed by atoms with E-state index in [-0.39, 0.29) is 47.0 Å². The van der Waals surface area contributed by atoms with Crippen molar-refractivity contribution < 1.29 is 27.8 Å². The molecule has 0 bridgehead atoms. The van der Waals surface area contributed by atoms with Gasteiger partial charge in [-0.05, 0) is 48.4 Å². The van der Waals surface area contributed by atoms with Crippen molar-refractivity contribution in [1.29, 1.82) is 0 Å². The van der Waals surface area contributed by atoms with Crippen LogP contribution < -0.4 is 21.1 Å². The van der Waals surface area contributed by atoms with E-state index in [0.29, 0.717) is 49.6 Å². The molecule has 1 amide bonds. The van der Waals surface area contributed by atoms with Crippen LogP contribution in [0, 0.1) is 17.6 Å². The first-order valence-electron chi connectivity index (χ1n) is 14.7. The number of benzene rings is 1. The number of anilines is 2. The standard InChI is InChI=1S/C31H35F2N7O4/c1-17-11-18(12-25(34)29(17)38-31(41)42-2)22-5-8-35-16-27(22)37-30-36-15-19-3-4-26(39-40(19)30)28-23(32)13-21(14-24(28)33)44-20-6-9-43-10-7-20/h3-5,8,13-18,20,25,29H,6-7,9-12,34H2,1-2H3,(H,36,37)(H,38,41). The van der Waals surface area contributed by atoms with Crippen LogP contribution >= 0.6 is 0 Å². The van der Waals surface area contributed by atoms with Crippen LogP contribution in [0.4, 0.5) is 25.2 Å². The van der Waals surface area contributed by atoms with E-state index in [1.165, 1.54) is 23.8 Å². The highest BCUT2D eigenvalue weighted by Gasteiger charge is 2.36. The van der Waals surface area contributed by atoms with Gasteiger partial charge in [0.05, 0.1) is 55.2 Å². The molecule has 0 radical (unpaired) electrons. The largest absolute Gasteiger partial charge is 0.490 e. The lowest BCUT2D eigenvalue weighted by atomic mass is 9.73. The summed E-state index contributed by atoms with van der Waals surface area (Å²) in [5.74, 6) is -0.874. The van der Waals surface area contributed by atoms with Gasteiger partial charge < -0.3 is 30.6 Å². The number of aromatic nitrogens is 4. The summed E-state index contributed by atoms with van der Waals surface area (Å²) in [7, 11) is 1.33. The lowest BCUT2D eigenvalue weighted by Gasteiger charge is -2.39. The van der Waals surface area contributed by atoms with Crippen molar-refractivity contribution in [3.8, 4) is 17.0 Å². The van der Waals surface area contributed by atoms with E-state index in [4.69, 9.17) is 19.9 Å². The minimum Gasteiger partial charge on any atom is -0.490 e. The zero-order valence-electron chi connectivity index (χ0n) is 24.5. The maximum Gasteiger partial charge on any atom is 0.407 e. The van der Waals surface area contributed by atoms with Crippen LogP contribution in [-0.4, -0.2) is 64.2 Å². The summed E-state index contributed by atoms with van der Waals surface area (Å²) in [5.41, 5.74) is 8.69. The summed E-state index contributed by atoms with van der Waals surface area (Å²) in [6.07, 6.45) is 7.13.